The van der Waals surface area contributed by atoms with Crippen LogP contribution in [-0.2, 0) is 0 Å². The highest BCUT2D eigenvalue weighted by Gasteiger charge is 2.18. The van der Waals surface area contributed by atoms with Crippen molar-refractivity contribution in [1.82, 2.24) is 0 Å². The number of aromatic carboxylic acids is 1. The molecule has 0 aromatic heterocycles. The van der Waals surface area contributed by atoms with E-state index >= 15 is 0 Å². The van der Waals surface area contributed by atoms with Gasteiger partial charge in [0.2, 0.25) is 0 Å². The van der Waals surface area contributed by atoms with Crippen molar-refractivity contribution in [2.24, 2.45) is 0 Å². The first-order chi connectivity index (χ1) is 6.45. The van der Waals surface area contributed by atoms with Crippen LogP contribution < -0.4 is 0 Å². The van der Waals surface area contributed by atoms with E-state index in [4.69, 9.17) is 5.11 Å². The number of phenols is 1. The largest absolute Gasteiger partial charge is 0.507 e. The van der Waals surface area contributed by atoms with Crippen LogP contribution in [0.3, 0.4) is 0 Å². The minimum Gasteiger partial charge on any atom is -0.507 e. The Balaban J connectivity index is 3.45. The second-order valence-corrected chi connectivity index (χ2v) is 3.66. The van der Waals surface area contributed by atoms with Crippen LogP contribution in [0.2, 0.25) is 0 Å². The summed E-state index contributed by atoms with van der Waals surface area (Å²) < 4.78 is 0. The molecule has 0 amide bonds. The molecule has 0 bridgehead atoms. The molecule has 0 aliphatic heterocycles. The molecular formula is C11H14O3. The van der Waals surface area contributed by atoms with Gasteiger partial charge in [0.1, 0.15) is 11.3 Å². The SMILES string of the molecule is Cc1ccc(C(C)C)c(C(=O)O)c1O. The fourth-order valence-electron chi connectivity index (χ4n) is 1.42. The van der Waals surface area contributed by atoms with Gasteiger partial charge in [-0.15, -0.1) is 0 Å². The van der Waals surface area contributed by atoms with Gasteiger partial charge in [-0.1, -0.05) is 26.0 Å². The zero-order valence-electron chi connectivity index (χ0n) is 8.53. The first kappa shape index (κ1) is 10.6. The Kier molecular flexibility index (Phi) is 2.79. The Hall–Kier alpha value is -1.51. The molecule has 0 aliphatic rings. The fourth-order valence-corrected chi connectivity index (χ4v) is 1.42. The second-order valence-electron chi connectivity index (χ2n) is 3.66. The molecule has 0 fully saturated rings. The Morgan fingerprint density at radius 1 is 1.36 bits per heavy atom. The van der Waals surface area contributed by atoms with Gasteiger partial charge in [-0.3, -0.25) is 0 Å². The third-order valence-electron chi connectivity index (χ3n) is 2.25. The summed E-state index contributed by atoms with van der Waals surface area (Å²) >= 11 is 0. The Bertz CT molecular complexity index is 367. The number of hydrogen-bond acceptors (Lipinski definition) is 2. The van der Waals surface area contributed by atoms with E-state index in [2.05, 4.69) is 0 Å². The van der Waals surface area contributed by atoms with Crippen LogP contribution in [0.5, 0.6) is 5.75 Å². The van der Waals surface area contributed by atoms with Crippen molar-refractivity contribution in [2.45, 2.75) is 26.7 Å². The molecule has 1 aromatic carbocycles. The van der Waals surface area contributed by atoms with E-state index in [0.29, 0.717) is 11.1 Å². The maximum atomic E-state index is 10.9. The molecule has 76 valence electrons. The van der Waals surface area contributed by atoms with Crippen LogP contribution in [0.15, 0.2) is 12.1 Å². The summed E-state index contributed by atoms with van der Waals surface area (Å²) in [5.74, 6) is -1.11. The molecule has 1 aromatic rings. The molecule has 0 aliphatic carbocycles. The van der Waals surface area contributed by atoms with Crippen molar-refractivity contribution in [3.63, 3.8) is 0 Å². The summed E-state index contributed by atoms with van der Waals surface area (Å²) in [6, 6.07) is 3.49. The lowest BCUT2D eigenvalue weighted by molar-refractivity contribution is 0.0692. The minimum atomic E-state index is -1.07. The number of hydrogen-bond donors (Lipinski definition) is 2. The van der Waals surface area contributed by atoms with E-state index in [1.807, 2.05) is 13.8 Å². The molecule has 0 atom stereocenters. The Morgan fingerprint density at radius 2 is 1.93 bits per heavy atom. The van der Waals surface area contributed by atoms with Crippen LogP contribution in [0.25, 0.3) is 0 Å². The number of aryl methyl sites for hydroxylation is 1. The van der Waals surface area contributed by atoms with E-state index in [1.54, 1.807) is 19.1 Å². The summed E-state index contributed by atoms with van der Waals surface area (Å²) in [5, 5.41) is 18.6. The van der Waals surface area contributed by atoms with E-state index in [0.717, 1.165) is 0 Å². The van der Waals surface area contributed by atoms with Crippen molar-refractivity contribution in [3.05, 3.63) is 28.8 Å². The van der Waals surface area contributed by atoms with Gasteiger partial charge in [-0.2, -0.15) is 0 Å². The first-order valence-corrected chi connectivity index (χ1v) is 4.51. The van der Waals surface area contributed by atoms with Gasteiger partial charge in [0.25, 0.3) is 0 Å². The van der Waals surface area contributed by atoms with E-state index in [-0.39, 0.29) is 17.2 Å². The number of carboxylic acid groups (broad SMARTS) is 1. The van der Waals surface area contributed by atoms with Crippen LogP contribution in [0, 0.1) is 6.92 Å². The lowest BCUT2D eigenvalue weighted by Crippen LogP contribution is -2.05. The summed E-state index contributed by atoms with van der Waals surface area (Å²) in [5.41, 5.74) is 1.28. The number of benzene rings is 1. The van der Waals surface area contributed by atoms with Gasteiger partial charge < -0.3 is 10.2 Å². The van der Waals surface area contributed by atoms with Crippen molar-refractivity contribution in [3.8, 4) is 5.75 Å². The Labute approximate surface area is 83.0 Å². The number of carbonyl (C=O) groups is 1. The van der Waals surface area contributed by atoms with Gasteiger partial charge in [-0.25, -0.2) is 4.79 Å². The minimum absolute atomic E-state index is 0.0278. The number of carboxylic acids is 1. The maximum Gasteiger partial charge on any atom is 0.339 e. The summed E-state index contributed by atoms with van der Waals surface area (Å²) in [4.78, 5) is 10.9. The van der Waals surface area contributed by atoms with Gasteiger partial charge in [0.05, 0.1) is 0 Å². The van der Waals surface area contributed by atoms with Gasteiger partial charge in [0, 0.05) is 0 Å². The number of rotatable bonds is 2. The zero-order valence-corrected chi connectivity index (χ0v) is 8.53. The predicted molar refractivity (Wildman–Crippen MR) is 53.9 cm³/mol. The molecule has 0 radical (unpaired) electrons. The average Bonchev–Trinajstić information content (AvgIpc) is 2.08. The summed E-state index contributed by atoms with van der Waals surface area (Å²) in [6.45, 7) is 5.49. The van der Waals surface area contributed by atoms with Gasteiger partial charge in [-0.05, 0) is 24.0 Å². The van der Waals surface area contributed by atoms with Gasteiger partial charge in [0.15, 0.2) is 0 Å². The molecule has 0 saturated carbocycles. The van der Waals surface area contributed by atoms with Crippen molar-refractivity contribution in [2.75, 3.05) is 0 Å². The summed E-state index contributed by atoms with van der Waals surface area (Å²) in [6.07, 6.45) is 0. The molecule has 3 heteroatoms. The quantitative estimate of drug-likeness (QED) is 0.760. The molecule has 3 nitrogen and oxygen atoms in total. The third-order valence-corrected chi connectivity index (χ3v) is 2.25. The lowest BCUT2D eigenvalue weighted by atomic mass is 9.94. The van der Waals surface area contributed by atoms with Crippen molar-refractivity contribution < 1.29 is 15.0 Å². The zero-order chi connectivity index (χ0) is 10.9. The highest BCUT2D eigenvalue weighted by Crippen LogP contribution is 2.29. The maximum absolute atomic E-state index is 10.9. The second kappa shape index (κ2) is 3.70. The molecule has 0 heterocycles. The molecule has 2 N–H and O–H groups in total. The monoisotopic (exact) mass is 194 g/mol. The van der Waals surface area contributed by atoms with Crippen LogP contribution in [-0.4, -0.2) is 16.2 Å². The first-order valence-electron chi connectivity index (χ1n) is 4.51. The molecule has 0 unspecified atom stereocenters. The topological polar surface area (TPSA) is 57.5 Å². The third kappa shape index (κ3) is 1.71. The van der Waals surface area contributed by atoms with Crippen LogP contribution >= 0.6 is 0 Å². The van der Waals surface area contributed by atoms with Crippen LogP contribution in [0.4, 0.5) is 0 Å². The smallest absolute Gasteiger partial charge is 0.339 e. The molecular weight excluding hydrogens is 180 g/mol. The van der Waals surface area contributed by atoms with Crippen molar-refractivity contribution in [1.29, 1.82) is 0 Å². The van der Waals surface area contributed by atoms with Crippen molar-refractivity contribution >= 4 is 5.97 Å². The normalized spacial score (nSPS) is 10.6. The summed E-state index contributed by atoms with van der Waals surface area (Å²) in [7, 11) is 0. The highest BCUT2D eigenvalue weighted by molar-refractivity contribution is 5.93. The molecule has 1 rings (SSSR count). The fraction of sp³-hybridized carbons (Fsp3) is 0.364. The van der Waals surface area contributed by atoms with E-state index in [9.17, 15) is 9.90 Å². The molecule has 0 saturated heterocycles. The Morgan fingerprint density at radius 3 is 2.36 bits per heavy atom. The molecule has 14 heavy (non-hydrogen) atoms. The van der Waals surface area contributed by atoms with E-state index < -0.39 is 5.97 Å². The van der Waals surface area contributed by atoms with E-state index in [1.165, 1.54) is 0 Å². The highest BCUT2D eigenvalue weighted by atomic mass is 16.4. The van der Waals surface area contributed by atoms with Crippen LogP contribution in [0.1, 0.15) is 41.3 Å². The standard InChI is InChI=1S/C11H14O3/c1-6(2)8-5-4-7(3)10(12)9(8)11(13)14/h4-6,12H,1-3H3,(H,13,14). The number of aromatic hydroxyl groups is 1. The predicted octanol–water partition coefficient (Wildman–Crippen LogP) is 2.52. The average molecular weight is 194 g/mol. The lowest BCUT2D eigenvalue weighted by Gasteiger charge is -2.12. The molecule has 0 spiro atoms. The van der Waals surface area contributed by atoms with Gasteiger partial charge >= 0.3 is 5.97 Å².